The van der Waals surface area contributed by atoms with Gasteiger partial charge in [0, 0.05) is 43.9 Å². The van der Waals surface area contributed by atoms with Crippen molar-refractivity contribution in [3.05, 3.63) is 34.9 Å². The Morgan fingerprint density at radius 3 is 2.71 bits per heavy atom. The second kappa shape index (κ2) is 11.5. The highest BCUT2D eigenvalue weighted by molar-refractivity contribution is 5.97. The van der Waals surface area contributed by atoms with Gasteiger partial charge in [-0.25, -0.2) is 0 Å². The van der Waals surface area contributed by atoms with Gasteiger partial charge in [0.2, 0.25) is 5.95 Å². The molecule has 1 aliphatic rings. The van der Waals surface area contributed by atoms with Crippen LogP contribution in [0.1, 0.15) is 74.9 Å². The van der Waals surface area contributed by atoms with Crippen molar-refractivity contribution >= 4 is 29.1 Å². The molecule has 1 aliphatic heterocycles. The Morgan fingerprint density at radius 1 is 1.31 bits per heavy atom. The minimum Gasteiger partial charge on any atom is -0.365 e. The average Bonchev–Trinajstić information content (AvgIpc) is 3.30. The van der Waals surface area contributed by atoms with Crippen molar-refractivity contribution in [2.75, 3.05) is 42.2 Å². The second-order valence-corrected chi connectivity index (χ2v) is 10.6. The van der Waals surface area contributed by atoms with Crippen LogP contribution in [0.15, 0.2) is 18.2 Å². The molecule has 3 N–H and O–H groups in total. The number of nitrogens with zero attached hydrogens (tertiary/aromatic N) is 4. The molecular formula is C27H39N7O. The summed E-state index contributed by atoms with van der Waals surface area (Å²) < 4.78 is 0. The Morgan fingerprint density at radius 2 is 2.09 bits per heavy atom. The molecule has 0 amide bonds. The predicted molar refractivity (Wildman–Crippen MR) is 143 cm³/mol. The highest BCUT2D eigenvalue weighted by Crippen LogP contribution is 2.30. The Balaban J connectivity index is 2.00. The van der Waals surface area contributed by atoms with Crippen LogP contribution in [0.4, 0.5) is 23.3 Å². The molecule has 35 heavy (non-hydrogen) atoms. The Labute approximate surface area is 209 Å². The summed E-state index contributed by atoms with van der Waals surface area (Å²) >= 11 is 0. The fourth-order valence-corrected chi connectivity index (χ4v) is 4.28. The average molecular weight is 478 g/mol. The summed E-state index contributed by atoms with van der Waals surface area (Å²) in [5.41, 5.74) is 2.92. The summed E-state index contributed by atoms with van der Waals surface area (Å²) in [6, 6.07) is 8.23. The molecule has 1 atom stereocenters. The molecule has 2 aromatic rings. The lowest BCUT2D eigenvalue weighted by molar-refractivity contribution is 0.0980. The first-order valence-electron chi connectivity index (χ1n) is 12.5. The number of aryl methyl sites for hydroxylation is 1. The number of anilines is 4. The predicted octanol–water partition coefficient (Wildman–Crippen LogP) is 5.03. The van der Waals surface area contributed by atoms with E-state index in [2.05, 4.69) is 49.7 Å². The number of unbranched alkanes of at least 4 members (excludes halogenated alkanes) is 1. The van der Waals surface area contributed by atoms with Crippen LogP contribution >= 0.6 is 0 Å². The number of benzene rings is 1. The summed E-state index contributed by atoms with van der Waals surface area (Å²) in [4.78, 5) is 24.1. The van der Waals surface area contributed by atoms with Gasteiger partial charge in [-0.2, -0.15) is 15.2 Å². The molecule has 8 nitrogen and oxygen atoms in total. The first kappa shape index (κ1) is 26.4. The summed E-state index contributed by atoms with van der Waals surface area (Å²) in [5.74, 6) is 1.65. The number of hydrogen-bond acceptors (Lipinski definition) is 8. The first-order valence-corrected chi connectivity index (χ1v) is 12.5. The van der Waals surface area contributed by atoms with E-state index in [1.165, 1.54) is 0 Å². The van der Waals surface area contributed by atoms with Gasteiger partial charge in [0.1, 0.15) is 11.6 Å². The zero-order valence-electron chi connectivity index (χ0n) is 22.0. The van der Waals surface area contributed by atoms with Crippen molar-refractivity contribution in [3.8, 4) is 6.07 Å². The molecule has 0 unspecified atom stereocenters. The van der Waals surface area contributed by atoms with E-state index in [9.17, 15) is 10.1 Å². The van der Waals surface area contributed by atoms with Gasteiger partial charge in [-0.05, 0) is 43.4 Å². The van der Waals surface area contributed by atoms with Crippen LogP contribution in [0, 0.1) is 23.7 Å². The molecule has 0 radical (unpaired) electrons. The first-order chi connectivity index (χ1) is 16.6. The maximum Gasteiger partial charge on any atom is 0.231 e. The van der Waals surface area contributed by atoms with Crippen LogP contribution in [0.25, 0.3) is 0 Å². The van der Waals surface area contributed by atoms with Gasteiger partial charge in [0.05, 0.1) is 0 Å². The molecule has 0 bridgehead atoms. The van der Waals surface area contributed by atoms with Gasteiger partial charge in [0.15, 0.2) is 17.4 Å². The van der Waals surface area contributed by atoms with Gasteiger partial charge in [0.25, 0.3) is 0 Å². The van der Waals surface area contributed by atoms with E-state index < -0.39 is 0 Å². The molecule has 188 valence electrons. The van der Waals surface area contributed by atoms with Crippen molar-refractivity contribution in [1.82, 2.24) is 15.3 Å². The van der Waals surface area contributed by atoms with Crippen LogP contribution in [0.2, 0.25) is 0 Å². The molecule has 0 aliphatic carbocycles. The normalized spacial score (nSPS) is 15.5. The smallest absolute Gasteiger partial charge is 0.231 e. The minimum absolute atomic E-state index is 0.0206. The van der Waals surface area contributed by atoms with E-state index >= 15 is 0 Å². The van der Waals surface area contributed by atoms with Crippen molar-refractivity contribution in [1.29, 1.82) is 5.26 Å². The van der Waals surface area contributed by atoms with Gasteiger partial charge in [-0.15, -0.1) is 0 Å². The van der Waals surface area contributed by atoms with Crippen LogP contribution < -0.4 is 20.9 Å². The molecule has 2 heterocycles. The summed E-state index contributed by atoms with van der Waals surface area (Å²) in [5, 5.41) is 20.2. The molecule has 0 spiro atoms. The van der Waals surface area contributed by atoms with Crippen molar-refractivity contribution in [2.24, 2.45) is 5.41 Å². The van der Waals surface area contributed by atoms with Crippen molar-refractivity contribution in [3.63, 3.8) is 0 Å². The number of Topliss-reactive ketones (excluding diaryl/α,β-unsaturated/α-hetero) is 1. The summed E-state index contributed by atoms with van der Waals surface area (Å²) in [6.45, 7) is 13.0. The van der Waals surface area contributed by atoms with Gasteiger partial charge < -0.3 is 20.9 Å². The number of aromatic nitrogens is 2. The van der Waals surface area contributed by atoms with Gasteiger partial charge >= 0.3 is 0 Å². The van der Waals surface area contributed by atoms with Crippen LogP contribution in [-0.2, 0) is 0 Å². The lowest BCUT2D eigenvalue weighted by Gasteiger charge is -2.29. The van der Waals surface area contributed by atoms with Crippen molar-refractivity contribution < 1.29 is 4.79 Å². The fourth-order valence-electron chi connectivity index (χ4n) is 4.28. The quantitative estimate of drug-likeness (QED) is 0.409. The Bertz CT molecular complexity index is 1080. The molecule has 0 saturated carbocycles. The molecule has 3 rings (SSSR count). The third-order valence-corrected chi connectivity index (χ3v) is 6.04. The Kier molecular flexibility index (Phi) is 8.68. The number of nitriles is 1. The molecule has 1 aromatic heterocycles. The van der Waals surface area contributed by atoms with E-state index in [1.807, 2.05) is 37.1 Å². The highest BCUT2D eigenvalue weighted by atomic mass is 16.1. The molecule has 1 saturated heterocycles. The summed E-state index contributed by atoms with van der Waals surface area (Å²) in [6.07, 6.45) is 3.37. The second-order valence-electron chi connectivity index (χ2n) is 10.6. The highest BCUT2D eigenvalue weighted by Gasteiger charge is 2.24. The Hall–Kier alpha value is -3.18. The third kappa shape index (κ3) is 7.15. The largest absolute Gasteiger partial charge is 0.365 e. The minimum atomic E-state index is 0.0206. The fraction of sp³-hybridized carbons (Fsp3) is 0.556. The maximum atomic E-state index is 12.6. The molecular weight excluding hydrogens is 438 g/mol. The third-order valence-electron chi connectivity index (χ3n) is 6.04. The van der Waals surface area contributed by atoms with E-state index in [0.717, 1.165) is 50.1 Å². The molecule has 1 aromatic carbocycles. The summed E-state index contributed by atoms with van der Waals surface area (Å²) in [7, 11) is 1.96. The number of hydrogen-bond donors (Lipinski definition) is 3. The van der Waals surface area contributed by atoms with E-state index in [4.69, 9.17) is 9.97 Å². The lowest BCUT2D eigenvalue weighted by Crippen LogP contribution is -2.31. The standard InChI is InChI=1S/C27H39N7O/c1-7-8-9-23(35)19-11-10-18(2)22(14-19)31-26-32-24(30-20-12-13-29-16-20)21(15-28)25(33-26)34(6)17-27(3,4)5/h10-11,14,20,29H,7-9,12-13,16-17H2,1-6H3,(H2,30,31,32,33)/t20-/m1/s1. The van der Waals surface area contributed by atoms with Crippen LogP contribution in [0.3, 0.4) is 0 Å². The van der Waals surface area contributed by atoms with Gasteiger partial charge in [-0.3, -0.25) is 4.79 Å². The number of ketones is 1. The SMILES string of the molecule is CCCCC(=O)c1ccc(C)c(Nc2nc(N[C@@H]3CCNC3)c(C#N)c(N(C)CC(C)(C)C)n2)c1. The topological polar surface area (TPSA) is 106 Å². The number of carbonyl (C=O) groups excluding carboxylic acids is 1. The lowest BCUT2D eigenvalue weighted by atomic mass is 9.96. The molecule has 8 heteroatoms. The van der Waals surface area contributed by atoms with Gasteiger partial charge in [-0.1, -0.05) is 46.2 Å². The van der Waals surface area contributed by atoms with E-state index in [1.54, 1.807) is 0 Å². The number of nitrogens with one attached hydrogen (secondary N) is 3. The van der Waals surface area contributed by atoms with E-state index in [0.29, 0.717) is 35.1 Å². The number of rotatable bonds is 10. The maximum absolute atomic E-state index is 12.6. The monoisotopic (exact) mass is 477 g/mol. The van der Waals surface area contributed by atoms with Crippen LogP contribution in [0.5, 0.6) is 0 Å². The number of carbonyl (C=O) groups is 1. The zero-order valence-corrected chi connectivity index (χ0v) is 22.0. The molecule has 1 fully saturated rings. The van der Waals surface area contributed by atoms with E-state index in [-0.39, 0.29) is 17.2 Å². The zero-order chi connectivity index (χ0) is 25.6. The van der Waals surface area contributed by atoms with Crippen LogP contribution in [-0.4, -0.2) is 48.5 Å². The van der Waals surface area contributed by atoms with Crippen molar-refractivity contribution in [2.45, 2.75) is 66.3 Å².